The summed E-state index contributed by atoms with van der Waals surface area (Å²) in [6, 6.07) is 0. The van der Waals surface area contributed by atoms with Gasteiger partial charge in [0, 0.05) is 25.2 Å². The number of allylic oxidation sites excluding steroid dienone is 1. The summed E-state index contributed by atoms with van der Waals surface area (Å²) in [5, 5.41) is 155. The van der Waals surface area contributed by atoms with Gasteiger partial charge in [-0.1, -0.05) is 135 Å². The van der Waals surface area contributed by atoms with Crippen LogP contribution in [0.25, 0.3) is 0 Å². The van der Waals surface area contributed by atoms with Gasteiger partial charge in [0.05, 0.1) is 91.9 Å². The Kier molecular flexibility index (Phi) is 38.2. The van der Waals surface area contributed by atoms with Crippen molar-refractivity contribution in [3.05, 3.63) is 109 Å². The highest BCUT2D eigenvalue weighted by atomic mass is 16.6. The second-order valence-electron chi connectivity index (χ2n) is 32.1. The first kappa shape index (κ1) is 89.5. The Bertz CT molecular complexity index is 2720. The molecule has 0 saturated carbocycles. The highest BCUT2D eigenvalue weighted by Crippen LogP contribution is 2.40. The average molecular weight is 1430 g/mol. The van der Waals surface area contributed by atoms with Crippen LogP contribution >= 0.6 is 0 Å². The molecule has 4 aliphatic heterocycles. The number of hydrogen-bond donors (Lipinski definition) is 14. The average Bonchev–Trinajstić information content (AvgIpc) is 1.65. The Balaban J connectivity index is 1.48. The molecule has 578 valence electrons. The highest BCUT2D eigenvalue weighted by Gasteiger charge is 2.52. The van der Waals surface area contributed by atoms with Gasteiger partial charge in [-0.05, 0) is 201 Å². The van der Waals surface area contributed by atoms with Gasteiger partial charge in [-0.3, -0.25) is 9.59 Å². The number of esters is 1. The fourth-order valence-electron chi connectivity index (χ4n) is 15.1. The Morgan fingerprint density at radius 1 is 0.594 bits per heavy atom. The third-order valence-corrected chi connectivity index (χ3v) is 21.5. The Hall–Kier alpha value is -3.88. The molecule has 0 aromatic heterocycles. The number of ether oxygens (including phenoxy) is 4. The molecule has 28 atom stereocenters. The van der Waals surface area contributed by atoms with Crippen LogP contribution in [0.4, 0.5) is 0 Å². The lowest BCUT2D eigenvalue weighted by Gasteiger charge is -2.34. The van der Waals surface area contributed by atoms with E-state index in [1.807, 2.05) is 41.5 Å². The molecule has 0 spiro atoms. The molecule has 14 unspecified atom stereocenters. The van der Waals surface area contributed by atoms with Crippen LogP contribution < -0.4 is 0 Å². The van der Waals surface area contributed by atoms with Crippen LogP contribution in [0.5, 0.6) is 0 Å². The van der Waals surface area contributed by atoms with E-state index in [4.69, 9.17) is 18.9 Å². The van der Waals surface area contributed by atoms with Crippen LogP contribution in [0.1, 0.15) is 217 Å². The normalized spacial score (nSPS) is 40.8. The van der Waals surface area contributed by atoms with Gasteiger partial charge in [0.1, 0.15) is 42.2 Å². The lowest BCUT2D eigenvalue weighted by molar-refractivity contribution is -0.168. The summed E-state index contributed by atoms with van der Waals surface area (Å²) in [6.07, 6.45) is -3.89. The van der Waals surface area contributed by atoms with E-state index < -0.39 is 127 Å². The lowest BCUT2D eigenvalue weighted by Crippen LogP contribution is -2.48. The maximum atomic E-state index is 13.9. The van der Waals surface area contributed by atoms with Crippen molar-refractivity contribution < 1.29 is 100 Å². The molecule has 4 bridgehead atoms. The number of carbonyl (C=O) groups excluding carboxylic acids is 2. The minimum Gasteiger partial charge on any atom is -0.455 e. The van der Waals surface area contributed by atoms with Crippen LogP contribution in [-0.2, 0) is 28.5 Å². The van der Waals surface area contributed by atoms with Gasteiger partial charge in [0.2, 0.25) is 0 Å². The summed E-state index contributed by atoms with van der Waals surface area (Å²) in [7, 11) is 0. The second kappa shape index (κ2) is 43.1. The monoisotopic (exact) mass is 1430 g/mol. The minimum atomic E-state index is -1.59. The molecule has 0 radical (unpaired) electrons. The molecule has 101 heavy (non-hydrogen) atoms. The molecule has 14 N–H and O–H groups in total. The molecule has 4 heterocycles. The molecular weight excluding hydrogens is 1290 g/mol. The summed E-state index contributed by atoms with van der Waals surface area (Å²) < 4.78 is 25.0. The summed E-state index contributed by atoms with van der Waals surface area (Å²) in [6.45, 7) is 43.1. The van der Waals surface area contributed by atoms with Crippen molar-refractivity contribution in [1.82, 2.24) is 0 Å². The molecule has 0 amide bonds. The van der Waals surface area contributed by atoms with E-state index in [1.54, 1.807) is 39.0 Å². The summed E-state index contributed by atoms with van der Waals surface area (Å²) in [5.74, 6) is -2.19. The SMILES string of the molecule is C=C1CC(=O)O[C@@H]([C@H]2C[C@H](O)[C@@](C)(C(O)CC(=C)C(=C)CC(O)CC(C)O)O2)/C=C/C(O)CC(C)CC(C)CC(=O)C(O)CCC(C)C[C@@H](O)[C@H]2O[C@H](CC(=C)CC(=C)C(O)/C=C\CCC(O)CC(C)[C@@H]3CC[C@@H](CC(C)C(O)C/C(C)=C\[C@@H](O)[C@H](C)[C@H](O)CC(=C)CC(C)C1)O3)[C@H](O)[C@@H]2O. The first-order valence-corrected chi connectivity index (χ1v) is 37.5. The predicted molar refractivity (Wildman–Crippen MR) is 392 cm³/mol. The number of aliphatic hydroxyl groups excluding tert-OH is 14. The minimum absolute atomic E-state index is 0.0451. The number of hydrogen-bond acceptors (Lipinski definition) is 20. The Labute approximate surface area is 604 Å². The molecule has 3 saturated heterocycles. The Morgan fingerprint density at radius 2 is 1.25 bits per heavy atom. The largest absolute Gasteiger partial charge is 0.455 e. The molecule has 3 fully saturated rings. The van der Waals surface area contributed by atoms with Crippen molar-refractivity contribution in [1.29, 1.82) is 0 Å². The number of carbonyl (C=O) groups is 2. The van der Waals surface area contributed by atoms with E-state index in [0.29, 0.717) is 85.7 Å². The van der Waals surface area contributed by atoms with Gasteiger partial charge in [-0.25, -0.2) is 0 Å². The van der Waals surface area contributed by atoms with Crippen molar-refractivity contribution >= 4 is 11.8 Å². The van der Waals surface area contributed by atoms with Crippen molar-refractivity contribution in [2.24, 2.45) is 41.4 Å². The second-order valence-corrected chi connectivity index (χ2v) is 32.1. The van der Waals surface area contributed by atoms with E-state index in [2.05, 4.69) is 46.4 Å². The first-order valence-electron chi connectivity index (χ1n) is 37.5. The van der Waals surface area contributed by atoms with Crippen molar-refractivity contribution in [3.8, 4) is 0 Å². The smallest absolute Gasteiger partial charge is 0.310 e. The zero-order valence-corrected chi connectivity index (χ0v) is 62.7. The number of Topliss-reactive ketones (excluding diaryl/α,β-unsaturated/α-hetero) is 1. The fourth-order valence-corrected chi connectivity index (χ4v) is 15.1. The Morgan fingerprint density at radius 3 is 1.92 bits per heavy atom. The van der Waals surface area contributed by atoms with Crippen molar-refractivity contribution in [2.75, 3.05) is 0 Å². The van der Waals surface area contributed by atoms with Crippen LogP contribution in [-0.4, -0.2) is 211 Å². The number of fused-ring (bicyclic) bond motifs is 4. The first-order chi connectivity index (χ1) is 47.1. The molecule has 20 heteroatoms. The molecule has 4 rings (SSSR count). The van der Waals surface area contributed by atoms with E-state index in [0.717, 1.165) is 24.0 Å². The molecule has 0 aromatic carbocycles. The molecular formula is C81H134O20. The number of ketones is 1. The molecule has 0 aromatic rings. The van der Waals surface area contributed by atoms with Gasteiger partial charge >= 0.3 is 5.97 Å². The van der Waals surface area contributed by atoms with Crippen molar-refractivity contribution in [3.63, 3.8) is 0 Å². The fraction of sp³-hybridized carbons (Fsp3) is 0.753. The van der Waals surface area contributed by atoms with Gasteiger partial charge < -0.3 is 90.4 Å². The van der Waals surface area contributed by atoms with Gasteiger partial charge in [0.15, 0.2) is 5.78 Å². The maximum Gasteiger partial charge on any atom is 0.310 e. The third kappa shape index (κ3) is 30.5. The van der Waals surface area contributed by atoms with Gasteiger partial charge in [0.25, 0.3) is 0 Å². The van der Waals surface area contributed by atoms with Crippen LogP contribution in [0.15, 0.2) is 109 Å². The molecule has 0 aliphatic carbocycles. The summed E-state index contributed by atoms with van der Waals surface area (Å²) in [4.78, 5) is 27.3. The standard InChI is InChI=1S/C81H134O20/c1-45-21-24-65(87)69(91)36-49(5)29-47(3)31-61(84)22-25-72(73-44-76(94)81(16,101-73)75(93)42-54(10)53(9)39-62(85)43-58(14)82)99-77(95)38-50(6)28-46(2)27-48(4)34-67(89)59(15)68(90)35-52(8)33-66(88)56(12)41-63-23-26-71(98-63)57(13)40-60(83)19-17-18-20-64(86)55(11)30-51(7)37-74-78(96)79(97)80(100-74)70(92)32-45/h18,20,22,25,35,45-47,49,56-68,70-76,78-80,82-90,92-94,96-97H,4,6-7,9-11,17,19,21,23-24,26-34,36-44H2,1-3,5,8,12-16H3/b20-18-,25-22+,52-35-/t45?,46?,47?,49?,56?,57?,58?,59-,60?,61?,62?,63+,64?,65?,66?,67-,68-,70-,71+,72-,73-,74-,75?,76+,78+,79+,80-,81-/m1/s1. The number of cyclic esters (lactones) is 1. The zero-order chi connectivity index (χ0) is 75.9. The quantitative estimate of drug-likeness (QED) is 0.0581. The van der Waals surface area contributed by atoms with E-state index in [9.17, 15) is 81.1 Å². The summed E-state index contributed by atoms with van der Waals surface area (Å²) in [5.41, 5.74) is 2.41. The maximum absolute atomic E-state index is 13.9. The zero-order valence-electron chi connectivity index (χ0n) is 62.7. The van der Waals surface area contributed by atoms with Crippen LogP contribution in [0.2, 0.25) is 0 Å². The molecule has 20 nitrogen and oxygen atoms in total. The van der Waals surface area contributed by atoms with E-state index in [-0.39, 0.29) is 131 Å². The van der Waals surface area contributed by atoms with Crippen LogP contribution in [0, 0.1) is 41.4 Å². The third-order valence-electron chi connectivity index (χ3n) is 21.5. The van der Waals surface area contributed by atoms with Gasteiger partial charge in [-0.15, -0.1) is 0 Å². The topological polar surface area (TPSA) is 354 Å². The number of aliphatic hydroxyl groups is 14. The van der Waals surface area contributed by atoms with Gasteiger partial charge in [-0.2, -0.15) is 0 Å². The molecule has 4 aliphatic rings. The lowest BCUT2D eigenvalue weighted by atomic mass is 9.86. The summed E-state index contributed by atoms with van der Waals surface area (Å²) >= 11 is 0. The highest BCUT2D eigenvalue weighted by molar-refractivity contribution is 5.82. The van der Waals surface area contributed by atoms with E-state index >= 15 is 0 Å². The van der Waals surface area contributed by atoms with E-state index in [1.165, 1.54) is 12.2 Å². The van der Waals surface area contributed by atoms with Crippen LogP contribution in [0.3, 0.4) is 0 Å². The van der Waals surface area contributed by atoms with Crippen molar-refractivity contribution in [2.45, 2.75) is 345 Å². The predicted octanol–water partition coefficient (Wildman–Crippen LogP) is 9.07. The number of rotatable bonds is 9.